The zero-order chi connectivity index (χ0) is 16.2. The molecule has 3 rings (SSSR count). The SMILES string of the molecule is CCc1ccc(NC(=O)CN2CCC[C@@H]2c2cccn2C)cc1. The van der Waals surface area contributed by atoms with Gasteiger partial charge in [-0.2, -0.15) is 0 Å². The fourth-order valence-corrected chi connectivity index (χ4v) is 3.38. The van der Waals surface area contributed by atoms with E-state index in [2.05, 4.69) is 59.2 Å². The van der Waals surface area contributed by atoms with E-state index in [4.69, 9.17) is 0 Å². The van der Waals surface area contributed by atoms with Crippen LogP contribution in [0.1, 0.15) is 37.1 Å². The standard InChI is InChI=1S/C19H25N3O/c1-3-15-8-10-16(11-9-15)20-19(23)14-22-13-5-7-18(22)17-6-4-12-21(17)2/h4,6,8-12,18H,3,5,7,13-14H2,1-2H3,(H,20,23)/t18-/m1/s1. The second-order valence-electron chi connectivity index (χ2n) is 6.27. The van der Waals surface area contributed by atoms with E-state index in [1.807, 2.05) is 12.1 Å². The number of nitrogens with one attached hydrogen (secondary N) is 1. The lowest BCUT2D eigenvalue weighted by molar-refractivity contribution is -0.117. The van der Waals surface area contributed by atoms with Crippen molar-refractivity contribution in [2.75, 3.05) is 18.4 Å². The Bertz CT molecular complexity index is 660. The molecule has 1 aromatic carbocycles. The summed E-state index contributed by atoms with van der Waals surface area (Å²) in [5.41, 5.74) is 3.45. The van der Waals surface area contributed by atoms with Crippen molar-refractivity contribution in [3.63, 3.8) is 0 Å². The van der Waals surface area contributed by atoms with Gasteiger partial charge >= 0.3 is 0 Å². The molecule has 1 N–H and O–H groups in total. The van der Waals surface area contributed by atoms with Crippen molar-refractivity contribution in [1.29, 1.82) is 0 Å². The van der Waals surface area contributed by atoms with Crippen LogP contribution in [0.25, 0.3) is 0 Å². The average molecular weight is 311 g/mol. The highest BCUT2D eigenvalue weighted by molar-refractivity contribution is 5.92. The summed E-state index contributed by atoms with van der Waals surface area (Å²) >= 11 is 0. The largest absolute Gasteiger partial charge is 0.353 e. The van der Waals surface area contributed by atoms with Crippen molar-refractivity contribution >= 4 is 11.6 Å². The molecule has 4 nitrogen and oxygen atoms in total. The molecule has 0 bridgehead atoms. The zero-order valence-corrected chi connectivity index (χ0v) is 14.0. The summed E-state index contributed by atoms with van der Waals surface area (Å²) in [5.74, 6) is 0.0651. The van der Waals surface area contributed by atoms with Crippen molar-refractivity contribution in [3.8, 4) is 0 Å². The number of rotatable bonds is 5. The number of carbonyl (C=O) groups is 1. The molecular weight excluding hydrogens is 286 g/mol. The Morgan fingerprint density at radius 1 is 1.26 bits per heavy atom. The van der Waals surface area contributed by atoms with Crippen molar-refractivity contribution in [2.24, 2.45) is 7.05 Å². The molecule has 1 aromatic heterocycles. The van der Waals surface area contributed by atoms with Crippen LogP contribution >= 0.6 is 0 Å². The molecule has 1 fully saturated rings. The van der Waals surface area contributed by atoms with Gasteiger partial charge in [-0.15, -0.1) is 0 Å². The summed E-state index contributed by atoms with van der Waals surface area (Å²) in [6.45, 7) is 3.56. The number of carbonyl (C=O) groups excluding carboxylic acids is 1. The highest BCUT2D eigenvalue weighted by Gasteiger charge is 2.28. The molecule has 0 unspecified atom stereocenters. The van der Waals surface area contributed by atoms with Gasteiger partial charge in [0.15, 0.2) is 0 Å². The molecule has 2 heterocycles. The molecule has 1 aliphatic heterocycles. The number of hydrogen-bond acceptors (Lipinski definition) is 2. The van der Waals surface area contributed by atoms with E-state index in [1.54, 1.807) is 0 Å². The minimum absolute atomic E-state index is 0.0651. The van der Waals surface area contributed by atoms with Gasteiger partial charge in [-0.05, 0) is 55.6 Å². The van der Waals surface area contributed by atoms with Crippen molar-refractivity contribution < 1.29 is 4.79 Å². The molecule has 1 amide bonds. The van der Waals surface area contributed by atoms with Crippen molar-refractivity contribution in [1.82, 2.24) is 9.47 Å². The minimum Gasteiger partial charge on any atom is -0.353 e. The smallest absolute Gasteiger partial charge is 0.238 e. The van der Waals surface area contributed by atoms with Crippen LogP contribution in [0.2, 0.25) is 0 Å². The Morgan fingerprint density at radius 2 is 2.04 bits per heavy atom. The van der Waals surface area contributed by atoms with Gasteiger partial charge in [0.1, 0.15) is 0 Å². The molecular formula is C19H25N3O. The van der Waals surface area contributed by atoms with E-state index < -0.39 is 0 Å². The molecule has 4 heteroatoms. The summed E-state index contributed by atoms with van der Waals surface area (Å²) in [7, 11) is 2.07. The number of amides is 1. The summed E-state index contributed by atoms with van der Waals surface area (Å²) in [4.78, 5) is 14.6. The fraction of sp³-hybridized carbons (Fsp3) is 0.421. The summed E-state index contributed by atoms with van der Waals surface area (Å²) in [6.07, 6.45) is 5.35. The lowest BCUT2D eigenvalue weighted by Gasteiger charge is -2.24. The van der Waals surface area contributed by atoms with Crippen molar-refractivity contribution in [3.05, 3.63) is 53.9 Å². The molecule has 0 radical (unpaired) electrons. The first-order valence-corrected chi connectivity index (χ1v) is 8.41. The summed E-state index contributed by atoms with van der Waals surface area (Å²) in [6, 6.07) is 12.7. The normalized spacial score (nSPS) is 18.3. The predicted octanol–water partition coefficient (Wildman–Crippen LogP) is 3.36. The lowest BCUT2D eigenvalue weighted by atomic mass is 10.1. The van der Waals surface area contributed by atoms with Crippen LogP contribution in [-0.4, -0.2) is 28.5 Å². The van der Waals surface area contributed by atoms with Crippen LogP contribution in [0, 0.1) is 0 Å². The zero-order valence-electron chi connectivity index (χ0n) is 14.0. The number of anilines is 1. The maximum Gasteiger partial charge on any atom is 0.238 e. The summed E-state index contributed by atoms with van der Waals surface area (Å²) < 4.78 is 2.16. The van der Waals surface area contributed by atoms with Crippen LogP contribution in [0.3, 0.4) is 0 Å². The molecule has 2 aromatic rings. The van der Waals surface area contributed by atoms with Gasteiger partial charge in [-0.25, -0.2) is 0 Å². The first-order valence-electron chi connectivity index (χ1n) is 8.41. The quantitative estimate of drug-likeness (QED) is 0.919. The number of aromatic nitrogens is 1. The monoisotopic (exact) mass is 311 g/mol. The van der Waals surface area contributed by atoms with Crippen LogP contribution in [0.4, 0.5) is 5.69 Å². The van der Waals surface area contributed by atoms with Crippen LogP contribution in [-0.2, 0) is 18.3 Å². The molecule has 122 valence electrons. The van der Waals surface area contributed by atoms with Crippen LogP contribution in [0.15, 0.2) is 42.6 Å². The molecule has 0 saturated carbocycles. The number of nitrogens with zero attached hydrogens (tertiary/aromatic N) is 2. The van der Waals surface area contributed by atoms with E-state index >= 15 is 0 Å². The maximum atomic E-state index is 12.4. The van der Waals surface area contributed by atoms with Gasteiger partial charge in [0.25, 0.3) is 0 Å². The highest BCUT2D eigenvalue weighted by atomic mass is 16.2. The predicted molar refractivity (Wildman–Crippen MR) is 93.4 cm³/mol. The number of hydrogen-bond donors (Lipinski definition) is 1. The van der Waals surface area contributed by atoms with Crippen LogP contribution < -0.4 is 5.32 Å². The van der Waals surface area contributed by atoms with Gasteiger partial charge in [0, 0.05) is 24.6 Å². The van der Waals surface area contributed by atoms with Crippen LogP contribution in [0.5, 0.6) is 0 Å². The first-order chi connectivity index (χ1) is 11.2. The molecule has 0 aliphatic carbocycles. The maximum absolute atomic E-state index is 12.4. The third-order valence-electron chi connectivity index (χ3n) is 4.68. The van der Waals surface area contributed by atoms with Gasteiger partial charge in [0.2, 0.25) is 5.91 Å². The van der Waals surface area contributed by atoms with E-state index in [-0.39, 0.29) is 5.91 Å². The fourth-order valence-electron chi connectivity index (χ4n) is 3.38. The average Bonchev–Trinajstić information content (AvgIpc) is 3.16. The van der Waals surface area contributed by atoms with E-state index in [1.165, 1.54) is 11.3 Å². The Kier molecular flexibility index (Phi) is 4.82. The highest BCUT2D eigenvalue weighted by Crippen LogP contribution is 2.31. The van der Waals surface area contributed by atoms with Gasteiger partial charge in [-0.3, -0.25) is 9.69 Å². The van der Waals surface area contributed by atoms with E-state index in [0.717, 1.165) is 31.5 Å². The molecule has 0 spiro atoms. The molecule has 1 aliphatic rings. The third-order valence-corrected chi connectivity index (χ3v) is 4.68. The molecule has 23 heavy (non-hydrogen) atoms. The summed E-state index contributed by atoms with van der Waals surface area (Å²) in [5, 5.41) is 3.01. The van der Waals surface area contributed by atoms with Gasteiger partial charge in [0.05, 0.1) is 12.6 Å². The third kappa shape index (κ3) is 3.64. The van der Waals surface area contributed by atoms with Gasteiger partial charge in [-0.1, -0.05) is 19.1 Å². The molecule has 1 atom stereocenters. The number of benzene rings is 1. The first kappa shape index (κ1) is 15.8. The topological polar surface area (TPSA) is 37.3 Å². The second-order valence-corrected chi connectivity index (χ2v) is 6.27. The Morgan fingerprint density at radius 3 is 2.70 bits per heavy atom. The molecule has 1 saturated heterocycles. The van der Waals surface area contributed by atoms with E-state index in [0.29, 0.717) is 12.6 Å². The second kappa shape index (κ2) is 7.01. The Hall–Kier alpha value is -2.07. The Balaban J connectivity index is 1.61. The Labute approximate surface area is 138 Å². The lowest BCUT2D eigenvalue weighted by Crippen LogP contribution is -2.33. The van der Waals surface area contributed by atoms with E-state index in [9.17, 15) is 4.79 Å². The number of aryl methyl sites for hydroxylation is 2. The number of likely N-dealkylation sites (tertiary alicyclic amines) is 1. The minimum atomic E-state index is 0.0651. The van der Waals surface area contributed by atoms with Gasteiger partial charge < -0.3 is 9.88 Å². The van der Waals surface area contributed by atoms with Crippen molar-refractivity contribution in [2.45, 2.75) is 32.2 Å².